The van der Waals surface area contributed by atoms with Crippen LogP contribution < -0.4 is 0 Å². The van der Waals surface area contributed by atoms with Crippen molar-refractivity contribution >= 4 is 17.4 Å². The van der Waals surface area contributed by atoms with Crippen molar-refractivity contribution in [2.45, 2.75) is 59.4 Å². The van der Waals surface area contributed by atoms with Crippen molar-refractivity contribution in [2.24, 2.45) is 5.92 Å². The van der Waals surface area contributed by atoms with E-state index in [1.54, 1.807) is 10.9 Å². The number of Topliss-reactive ketones (excluding diaryl/α,β-unsaturated/α-hetero) is 1. The van der Waals surface area contributed by atoms with Crippen LogP contribution in [0.3, 0.4) is 0 Å². The standard InChI is InChI=1S/C14H23ClN2O/c1-4-7-11(8-5-2)14(18)13-12(15)10-16-17(13)9-6-3/h10-11H,4-9H2,1-3H3. The summed E-state index contributed by atoms with van der Waals surface area (Å²) in [5.41, 5.74) is 0.602. The van der Waals surface area contributed by atoms with E-state index in [1.807, 2.05) is 0 Å². The summed E-state index contributed by atoms with van der Waals surface area (Å²) in [6.45, 7) is 7.04. The molecule has 0 radical (unpaired) electrons. The molecule has 0 saturated carbocycles. The number of aromatic nitrogens is 2. The molecule has 0 unspecified atom stereocenters. The Bertz CT molecular complexity index is 381. The number of ketones is 1. The lowest BCUT2D eigenvalue weighted by Crippen LogP contribution is -2.19. The van der Waals surface area contributed by atoms with E-state index in [-0.39, 0.29) is 11.7 Å². The number of aryl methyl sites for hydroxylation is 1. The summed E-state index contributed by atoms with van der Waals surface area (Å²) in [6.07, 6.45) is 6.44. The van der Waals surface area contributed by atoms with Crippen LogP contribution in [0.15, 0.2) is 6.20 Å². The fraction of sp³-hybridized carbons (Fsp3) is 0.714. The number of hydrogen-bond acceptors (Lipinski definition) is 2. The molecule has 1 aromatic heterocycles. The first-order chi connectivity index (χ1) is 8.65. The smallest absolute Gasteiger partial charge is 0.185 e. The first kappa shape index (κ1) is 15.2. The molecule has 0 N–H and O–H groups in total. The van der Waals surface area contributed by atoms with E-state index >= 15 is 0 Å². The maximum atomic E-state index is 12.6. The van der Waals surface area contributed by atoms with Crippen LogP contribution in [0.4, 0.5) is 0 Å². The average Bonchev–Trinajstić information content (AvgIpc) is 2.70. The van der Waals surface area contributed by atoms with Gasteiger partial charge in [-0.2, -0.15) is 5.10 Å². The van der Waals surface area contributed by atoms with Crippen LogP contribution in [0.25, 0.3) is 0 Å². The minimum atomic E-state index is 0.0878. The second-order valence-corrected chi connectivity index (χ2v) is 5.11. The molecule has 0 amide bonds. The predicted octanol–water partition coefficient (Wildman–Crippen LogP) is 4.35. The van der Waals surface area contributed by atoms with Crippen LogP contribution >= 0.6 is 11.6 Å². The zero-order valence-electron chi connectivity index (χ0n) is 11.6. The third kappa shape index (κ3) is 3.58. The Labute approximate surface area is 115 Å². The van der Waals surface area contributed by atoms with Crippen LogP contribution in [0.1, 0.15) is 63.4 Å². The van der Waals surface area contributed by atoms with Gasteiger partial charge in [0.25, 0.3) is 0 Å². The third-order valence-electron chi connectivity index (χ3n) is 3.11. The number of carbonyl (C=O) groups is 1. The zero-order valence-corrected chi connectivity index (χ0v) is 12.3. The molecule has 0 aromatic carbocycles. The Morgan fingerprint density at radius 3 is 2.39 bits per heavy atom. The molecule has 0 atom stereocenters. The normalized spacial score (nSPS) is 11.2. The van der Waals surface area contributed by atoms with Crippen LogP contribution in [0.5, 0.6) is 0 Å². The first-order valence-electron chi connectivity index (χ1n) is 6.91. The van der Waals surface area contributed by atoms with Crippen molar-refractivity contribution < 1.29 is 4.79 Å². The third-order valence-corrected chi connectivity index (χ3v) is 3.39. The molecule has 0 bridgehead atoms. The van der Waals surface area contributed by atoms with Crippen molar-refractivity contribution in [1.82, 2.24) is 9.78 Å². The van der Waals surface area contributed by atoms with Crippen molar-refractivity contribution in [1.29, 1.82) is 0 Å². The highest BCUT2D eigenvalue weighted by Gasteiger charge is 2.24. The first-order valence-corrected chi connectivity index (χ1v) is 7.28. The van der Waals surface area contributed by atoms with Gasteiger partial charge in [0, 0.05) is 12.5 Å². The maximum Gasteiger partial charge on any atom is 0.185 e. The Hall–Kier alpha value is -0.830. The molecule has 102 valence electrons. The summed E-state index contributed by atoms with van der Waals surface area (Å²) in [5.74, 6) is 0.249. The van der Waals surface area contributed by atoms with Gasteiger partial charge < -0.3 is 0 Å². The van der Waals surface area contributed by atoms with Gasteiger partial charge in [-0.1, -0.05) is 45.2 Å². The molecule has 3 nitrogen and oxygen atoms in total. The fourth-order valence-corrected chi connectivity index (χ4v) is 2.52. The second-order valence-electron chi connectivity index (χ2n) is 4.70. The molecule has 1 heterocycles. The largest absolute Gasteiger partial charge is 0.292 e. The Kier molecular flexibility index (Phi) is 6.41. The van der Waals surface area contributed by atoms with Crippen LogP contribution in [-0.2, 0) is 6.54 Å². The van der Waals surface area contributed by atoms with Gasteiger partial charge in [-0.25, -0.2) is 0 Å². The van der Waals surface area contributed by atoms with Crippen LogP contribution in [0.2, 0.25) is 5.02 Å². The highest BCUT2D eigenvalue weighted by Crippen LogP contribution is 2.24. The van der Waals surface area contributed by atoms with Crippen LogP contribution in [0, 0.1) is 5.92 Å². The van der Waals surface area contributed by atoms with Crippen molar-refractivity contribution in [3.8, 4) is 0 Å². The van der Waals surface area contributed by atoms with E-state index in [0.29, 0.717) is 10.7 Å². The molecule has 0 aliphatic carbocycles. The van der Waals surface area contributed by atoms with E-state index in [0.717, 1.165) is 38.6 Å². The lowest BCUT2D eigenvalue weighted by Gasteiger charge is -2.15. The molecule has 1 aromatic rings. The minimum absolute atomic E-state index is 0.0878. The second kappa shape index (κ2) is 7.57. The lowest BCUT2D eigenvalue weighted by atomic mass is 9.92. The van der Waals surface area contributed by atoms with Gasteiger partial charge in [0.15, 0.2) is 5.78 Å². The molecule has 1 rings (SSSR count). The molecule has 18 heavy (non-hydrogen) atoms. The monoisotopic (exact) mass is 270 g/mol. The van der Waals surface area contributed by atoms with Crippen molar-refractivity contribution in [2.75, 3.05) is 0 Å². The molecule has 0 spiro atoms. The molecule has 0 fully saturated rings. The van der Waals surface area contributed by atoms with Gasteiger partial charge in [0.2, 0.25) is 0 Å². The van der Waals surface area contributed by atoms with Gasteiger partial charge in [-0.3, -0.25) is 9.48 Å². The summed E-state index contributed by atoms with van der Waals surface area (Å²) < 4.78 is 1.75. The lowest BCUT2D eigenvalue weighted by molar-refractivity contribution is 0.0893. The molecule has 0 aliphatic heterocycles. The average molecular weight is 271 g/mol. The van der Waals surface area contributed by atoms with Gasteiger partial charge in [-0.15, -0.1) is 0 Å². The quantitative estimate of drug-likeness (QED) is 0.659. The highest BCUT2D eigenvalue weighted by molar-refractivity contribution is 6.33. The summed E-state index contributed by atoms with van der Waals surface area (Å²) >= 11 is 6.12. The number of carbonyl (C=O) groups excluding carboxylic acids is 1. The molecular weight excluding hydrogens is 248 g/mol. The topological polar surface area (TPSA) is 34.9 Å². The van der Waals surface area contributed by atoms with E-state index < -0.39 is 0 Å². The van der Waals surface area contributed by atoms with E-state index in [2.05, 4.69) is 25.9 Å². The fourth-order valence-electron chi connectivity index (χ4n) is 2.29. The van der Waals surface area contributed by atoms with Gasteiger partial charge >= 0.3 is 0 Å². The number of halogens is 1. The number of nitrogens with zero attached hydrogens (tertiary/aromatic N) is 2. The molecule has 0 aliphatic rings. The minimum Gasteiger partial charge on any atom is -0.292 e. The van der Waals surface area contributed by atoms with E-state index in [1.165, 1.54) is 0 Å². The van der Waals surface area contributed by atoms with Crippen molar-refractivity contribution in [3.05, 3.63) is 16.9 Å². The van der Waals surface area contributed by atoms with Gasteiger partial charge in [-0.05, 0) is 19.3 Å². The van der Waals surface area contributed by atoms with Gasteiger partial charge in [0.1, 0.15) is 5.69 Å². The Balaban J connectivity index is 2.95. The molecule has 4 heteroatoms. The van der Waals surface area contributed by atoms with Gasteiger partial charge in [0.05, 0.1) is 11.2 Å². The van der Waals surface area contributed by atoms with E-state index in [4.69, 9.17) is 11.6 Å². The number of hydrogen-bond donors (Lipinski definition) is 0. The van der Waals surface area contributed by atoms with Crippen LogP contribution in [-0.4, -0.2) is 15.6 Å². The highest BCUT2D eigenvalue weighted by atomic mass is 35.5. The maximum absolute atomic E-state index is 12.6. The molecule has 0 saturated heterocycles. The summed E-state index contributed by atoms with van der Waals surface area (Å²) in [7, 11) is 0. The summed E-state index contributed by atoms with van der Waals surface area (Å²) in [6, 6.07) is 0. The Morgan fingerprint density at radius 1 is 1.28 bits per heavy atom. The summed E-state index contributed by atoms with van der Waals surface area (Å²) in [4.78, 5) is 12.6. The summed E-state index contributed by atoms with van der Waals surface area (Å²) in [5, 5.41) is 4.68. The van der Waals surface area contributed by atoms with Crippen molar-refractivity contribution in [3.63, 3.8) is 0 Å². The zero-order chi connectivity index (χ0) is 13.5. The SMILES string of the molecule is CCCC(CCC)C(=O)c1c(Cl)cnn1CCC. The Morgan fingerprint density at radius 2 is 1.89 bits per heavy atom. The predicted molar refractivity (Wildman–Crippen MR) is 75.2 cm³/mol. The van der Waals surface area contributed by atoms with E-state index in [9.17, 15) is 4.79 Å². The molecular formula is C14H23ClN2O. The number of rotatable bonds is 8.